The standard InChI is InChI=1S/C17H19Cl2N3O/c1-2-3-16-20-15-10-22(5-4-14(15)17(23)21-16)9-11-6-12(18)8-13(19)7-11/h6-8H,2-5,9-10H2,1H3,(H,20,21,23). The van der Waals surface area contributed by atoms with E-state index in [1.165, 1.54) is 0 Å². The van der Waals surface area contributed by atoms with Crippen molar-refractivity contribution in [3.05, 3.63) is 61.2 Å². The molecular weight excluding hydrogens is 333 g/mol. The summed E-state index contributed by atoms with van der Waals surface area (Å²) < 4.78 is 0. The zero-order valence-electron chi connectivity index (χ0n) is 13.0. The number of halogens is 2. The number of rotatable bonds is 4. The van der Waals surface area contributed by atoms with E-state index >= 15 is 0 Å². The molecule has 3 rings (SSSR count). The van der Waals surface area contributed by atoms with Gasteiger partial charge in [-0.1, -0.05) is 30.1 Å². The van der Waals surface area contributed by atoms with Crippen molar-refractivity contribution in [2.45, 2.75) is 39.3 Å². The van der Waals surface area contributed by atoms with Gasteiger partial charge < -0.3 is 4.98 Å². The van der Waals surface area contributed by atoms with E-state index in [9.17, 15) is 4.79 Å². The maximum absolute atomic E-state index is 12.2. The molecule has 1 aliphatic heterocycles. The first-order valence-electron chi connectivity index (χ1n) is 7.83. The minimum atomic E-state index is 0.0175. The van der Waals surface area contributed by atoms with Crippen molar-refractivity contribution in [3.63, 3.8) is 0 Å². The molecule has 0 amide bonds. The van der Waals surface area contributed by atoms with E-state index in [0.29, 0.717) is 16.6 Å². The molecule has 1 aromatic carbocycles. The molecule has 0 spiro atoms. The van der Waals surface area contributed by atoms with Gasteiger partial charge >= 0.3 is 0 Å². The molecule has 0 saturated heterocycles. The zero-order chi connectivity index (χ0) is 16.4. The number of hydrogen-bond acceptors (Lipinski definition) is 3. The smallest absolute Gasteiger partial charge is 0.254 e. The molecule has 6 heteroatoms. The van der Waals surface area contributed by atoms with Crippen molar-refractivity contribution in [3.8, 4) is 0 Å². The Morgan fingerprint density at radius 3 is 2.70 bits per heavy atom. The lowest BCUT2D eigenvalue weighted by molar-refractivity contribution is 0.240. The second-order valence-corrected chi connectivity index (χ2v) is 6.80. The number of aromatic amines is 1. The van der Waals surface area contributed by atoms with Crippen LogP contribution in [0.1, 0.15) is 36.0 Å². The minimum absolute atomic E-state index is 0.0175. The van der Waals surface area contributed by atoms with Gasteiger partial charge in [-0.05, 0) is 36.6 Å². The molecule has 0 aliphatic carbocycles. The van der Waals surface area contributed by atoms with Gasteiger partial charge in [0, 0.05) is 41.7 Å². The minimum Gasteiger partial charge on any atom is -0.310 e. The fourth-order valence-corrected chi connectivity index (χ4v) is 3.57. The van der Waals surface area contributed by atoms with Gasteiger partial charge in [0.05, 0.1) is 5.69 Å². The van der Waals surface area contributed by atoms with E-state index in [0.717, 1.165) is 55.0 Å². The van der Waals surface area contributed by atoms with Crippen LogP contribution in [-0.2, 0) is 25.9 Å². The molecule has 0 bridgehead atoms. The molecule has 0 unspecified atom stereocenters. The molecule has 1 aliphatic rings. The average molecular weight is 352 g/mol. The van der Waals surface area contributed by atoms with Gasteiger partial charge in [-0.3, -0.25) is 9.69 Å². The van der Waals surface area contributed by atoms with Crippen LogP contribution in [0.25, 0.3) is 0 Å². The molecule has 2 aromatic rings. The van der Waals surface area contributed by atoms with E-state index in [4.69, 9.17) is 23.2 Å². The molecule has 122 valence electrons. The van der Waals surface area contributed by atoms with Crippen LogP contribution in [0.3, 0.4) is 0 Å². The van der Waals surface area contributed by atoms with Crippen molar-refractivity contribution in [1.82, 2.24) is 14.9 Å². The van der Waals surface area contributed by atoms with E-state index in [1.54, 1.807) is 6.07 Å². The summed E-state index contributed by atoms with van der Waals surface area (Å²) in [5, 5.41) is 1.29. The van der Waals surface area contributed by atoms with Gasteiger partial charge in [-0.2, -0.15) is 0 Å². The maximum atomic E-state index is 12.2. The summed E-state index contributed by atoms with van der Waals surface area (Å²) in [5.41, 5.74) is 2.82. The third-order valence-electron chi connectivity index (χ3n) is 4.02. The second-order valence-electron chi connectivity index (χ2n) is 5.93. The van der Waals surface area contributed by atoms with Crippen LogP contribution in [0.15, 0.2) is 23.0 Å². The average Bonchev–Trinajstić information content (AvgIpc) is 2.46. The van der Waals surface area contributed by atoms with E-state index < -0.39 is 0 Å². The number of H-pyrrole nitrogens is 1. The molecule has 1 N–H and O–H groups in total. The molecule has 1 aromatic heterocycles. The predicted molar refractivity (Wildman–Crippen MR) is 93.1 cm³/mol. The lowest BCUT2D eigenvalue weighted by Gasteiger charge is -2.27. The Kier molecular flexibility index (Phi) is 5.05. The van der Waals surface area contributed by atoms with Crippen molar-refractivity contribution in [2.75, 3.05) is 6.54 Å². The number of nitrogens with one attached hydrogen (secondary N) is 1. The number of hydrogen-bond donors (Lipinski definition) is 1. The molecule has 0 atom stereocenters. The summed E-state index contributed by atoms with van der Waals surface area (Å²) in [7, 11) is 0. The largest absolute Gasteiger partial charge is 0.310 e. The third kappa shape index (κ3) is 3.94. The summed E-state index contributed by atoms with van der Waals surface area (Å²) in [4.78, 5) is 22.0. The van der Waals surface area contributed by atoms with Crippen LogP contribution in [0, 0.1) is 0 Å². The highest BCUT2D eigenvalue weighted by Crippen LogP contribution is 2.22. The lowest BCUT2D eigenvalue weighted by Crippen LogP contribution is -2.35. The monoisotopic (exact) mass is 351 g/mol. The van der Waals surface area contributed by atoms with Crippen molar-refractivity contribution < 1.29 is 0 Å². The molecular formula is C17H19Cl2N3O. The number of fused-ring (bicyclic) bond motifs is 1. The number of nitrogens with zero attached hydrogens (tertiary/aromatic N) is 2. The first-order chi connectivity index (χ1) is 11.0. The fourth-order valence-electron chi connectivity index (χ4n) is 3.00. The Morgan fingerprint density at radius 1 is 1.26 bits per heavy atom. The number of aryl methyl sites for hydroxylation is 1. The van der Waals surface area contributed by atoms with Gasteiger partial charge in [0.2, 0.25) is 0 Å². The SMILES string of the molecule is CCCc1nc2c(c(=O)[nH]1)CCN(Cc1cc(Cl)cc(Cl)c1)C2. The van der Waals surface area contributed by atoms with Crippen LogP contribution in [0.4, 0.5) is 0 Å². The second kappa shape index (κ2) is 7.04. The summed E-state index contributed by atoms with van der Waals surface area (Å²) in [6.07, 6.45) is 2.48. The van der Waals surface area contributed by atoms with Crippen LogP contribution < -0.4 is 5.56 Å². The highest BCUT2D eigenvalue weighted by molar-refractivity contribution is 6.34. The van der Waals surface area contributed by atoms with Crippen molar-refractivity contribution >= 4 is 23.2 Å². The predicted octanol–water partition coefficient (Wildman–Crippen LogP) is 3.59. The van der Waals surface area contributed by atoms with Gasteiger partial charge in [0.25, 0.3) is 5.56 Å². The van der Waals surface area contributed by atoms with Crippen molar-refractivity contribution in [2.24, 2.45) is 0 Å². The first-order valence-corrected chi connectivity index (χ1v) is 8.59. The van der Waals surface area contributed by atoms with Crippen LogP contribution in [0.2, 0.25) is 10.0 Å². The first kappa shape index (κ1) is 16.5. The van der Waals surface area contributed by atoms with Gasteiger partial charge in [0.1, 0.15) is 5.82 Å². The summed E-state index contributed by atoms with van der Waals surface area (Å²) in [6.45, 7) is 4.33. The normalized spacial score (nSPS) is 14.7. The molecule has 23 heavy (non-hydrogen) atoms. The molecule has 2 heterocycles. The van der Waals surface area contributed by atoms with E-state index in [1.807, 2.05) is 12.1 Å². The molecule has 0 saturated carbocycles. The zero-order valence-corrected chi connectivity index (χ0v) is 14.5. The van der Waals surface area contributed by atoms with Crippen LogP contribution in [0.5, 0.6) is 0 Å². The Morgan fingerprint density at radius 2 is 2.00 bits per heavy atom. The van der Waals surface area contributed by atoms with Gasteiger partial charge in [0.15, 0.2) is 0 Å². The topological polar surface area (TPSA) is 49.0 Å². The number of aromatic nitrogens is 2. The maximum Gasteiger partial charge on any atom is 0.254 e. The summed E-state index contributed by atoms with van der Waals surface area (Å²) in [6, 6.07) is 5.59. The van der Waals surface area contributed by atoms with Crippen LogP contribution >= 0.6 is 23.2 Å². The molecule has 4 nitrogen and oxygen atoms in total. The Labute approximate surface area is 145 Å². The molecule has 0 radical (unpaired) electrons. The van der Waals surface area contributed by atoms with E-state index in [2.05, 4.69) is 21.8 Å². The highest BCUT2D eigenvalue weighted by Gasteiger charge is 2.21. The fraction of sp³-hybridized carbons (Fsp3) is 0.412. The summed E-state index contributed by atoms with van der Waals surface area (Å²) >= 11 is 12.1. The van der Waals surface area contributed by atoms with Crippen molar-refractivity contribution in [1.29, 1.82) is 0 Å². The number of benzene rings is 1. The Hall–Kier alpha value is -1.36. The molecule has 0 fully saturated rings. The quantitative estimate of drug-likeness (QED) is 0.915. The lowest BCUT2D eigenvalue weighted by atomic mass is 10.1. The van der Waals surface area contributed by atoms with Gasteiger partial charge in [-0.25, -0.2) is 4.98 Å². The highest BCUT2D eigenvalue weighted by atomic mass is 35.5. The summed E-state index contributed by atoms with van der Waals surface area (Å²) in [5.74, 6) is 0.781. The van der Waals surface area contributed by atoms with Crippen LogP contribution in [-0.4, -0.2) is 21.4 Å². The third-order valence-corrected chi connectivity index (χ3v) is 4.45. The Balaban J connectivity index is 1.80. The van der Waals surface area contributed by atoms with Gasteiger partial charge in [-0.15, -0.1) is 0 Å². The van der Waals surface area contributed by atoms with E-state index in [-0.39, 0.29) is 5.56 Å². The Bertz CT molecular complexity index is 753.